The monoisotopic (exact) mass is 396 g/mol. The van der Waals surface area contributed by atoms with E-state index in [1.807, 2.05) is 6.92 Å². The van der Waals surface area contributed by atoms with Gasteiger partial charge in [0.25, 0.3) is 0 Å². The lowest BCUT2D eigenvalue weighted by atomic mass is 10.2. The van der Waals surface area contributed by atoms with Crippen LogP contribution < -0.4 is 15.2 Å². The van der Waals surface area contributed by atoms with Gasteiger partial charge in [0.05, 0.1) is 36.8 Å². The number of carbonyl (C=O) groups excluding carboxylic acids is 1. The van der Waals surface area contributed by atoms with Crippen LogP contribution in [-0.4, -0.2) is 42.7 Å². The van der Waals surface area contributed by atoms with E-state index in [0.717, 1.165) is 11.3 Å². The summed E-state index contributed by atoms with van der Waals surface area (Å²) in [6, 6.07) is 3.50. The number of benzene rings is 1. The minimum Gasteiger partial charge on any atom is -0.493 e. The highest BCUT2D eigenvalue weighted by molar-refractivity contribution is 9.10. The fraction of sp³-hybridized carbons (Fsp3) is 0.267. The quantitative estimate of drug-likeness (QED) is 0.591. The van der Waals surface area contributed by atoms with Gasteiger partial charge in [0, 0.05) is 0 Å². The van der Waals surface area contributed by atoms with Crippen molar-refractivity contribution in [2.24, 2.45) is 5.10 Å². The third kappa shape index (κ3) is 4.25. The predicted molar refractivity (Wildman–Crippen MR) is 92.6 cm³/mol. The molecule has 0 aliphatic heterocycles. The van der Waals surface area contributed by atoms with E-state index in [9.17, 15) is 4.79 Å². The summed E-state index contributed by atoms with van der Waals surface area (Å²) in [5.74, 6) is 0.663. The number of methoxy groups -OCH3 is 2. The number of halogens is 1. The van der Waals surface area contributed by atoms with Crippen molar-refractivity contribution in [1.82, 2.24) is 9.66 Å². The van der Waals surface area contributed by atoms with E-state index in [0.29, 0.717) is 21.9 Å². The second-order valence-corrected chi connectivity index (χ2v) is 5.58. The number of hydrogen-bond donors (Lipinski definition) is 1. The number of imidazole rings is 1. The van der Waals surface area contributed by atoms with Crippen molar-refractivity contribution in [2.45, 2.75) is 6.92 Å². The third-order valence-electron chi connectivity index (χ3n) is 2.98. The van der Waals surface area contributed by atoms with Gasteiger partial charge in [-0.3, -0.25) is 0 Å². The molecule has 9 heteroatoms. The number of hydrogen-bond acceptors (Lipinski definition) is 7. The highest BCUT2D eigenvalue weighted by Crippen LogP contribution is 2.36. The molecule has 0 bridgehead atoms. The maximum atomic E-state index is 11.2. The number of rotatable bonds is 6. The van der Waals surface area contributed by atoms with Crippen LogP contribution in [0.3, 0.4) is 0 Å². The van der Waals surface area contributed by atoms with Crippen molar-refractivity contribution in [3.63, 3.8) is 0 Å². The SMILES string of the molecule is COC(=O)COc1c(Br)cc(C=Nn2cc(C)nc2N)cc1OC. The van der Waals surface area contributed by atoms with E-state index in [1.54, 1.807) is 24.5 Å². The van der Waals surface area contributed by atoms with Gasteiger partial charge >= 0.3 is 5.97 Å². The standard InChI is InChI=1S/C15H17BrN4O4/c1-9-7-20(15(17)19-9)18-6-10-4-11(16)14(12(5-10)22-2)24-8-13(21)23-3/h4-7H,8H2,1-3H3,(H2,17,19). The number of anilines is 1. The number of nitrogens with zero attached hydrogens (tertiary/aromatic N) is 3. The van der Waals surface area contributed by atoms with Gasteiger partial charge in [-0.25, -0.2) is 14.5 Å². The zero-order valence-corrected chi connectivity index (χ0v) is 15.0. The van der Waals surface area contributed by atoms with Gasteiger partial charge in [0.2, 0.25) is 5.95 Å². The number of carbonyl (C=O) groups is 1. The molecule has 0 aliphatic rings. The molecule has 0 radical (unpaired) electrons. The maximum absolute atomic E-state index is 11.2. The summed E-state index contributed by atoms with van der Waals surface area (Å²) < 4.78 is 17.4. The average molecular weight is 397 g/mol. The lowest BCUT2D eigenvalue weighted by molar-refractivity contribution is -0.142. The summed E-state index contributed by atoms with van der Waals surface area (Å²) >= 11 is 3.39. The fourth-order valence-electron chi connectivity index (χ4n) is 1.87. The molecule has 0 saturated heterocycles. The number of aryl methyl sites for hydroxylation is 1. The van der Waals surface area contributed by atoms with E-state index in [-0.39, 0.29) is 6.61 Å². The molecule has 0 unspecified atom stereocenters. The molecule has 24 heavy (non-hydrogen) atoms. The van der Waals surface area contributed by atoms with Crippen molar-refractivity contribution in [1.29, 1.82) is 0 Å². The lowest BCUT2D eigenvalue weighted by Crippen LogP contribution is -2.13. The molecule has 1 aromatic carbocycles. The van der Waals surface area contributed by atoms with Crippen LogP contribution in [0.5, 0.6) is 11.5 Å². The first kappa shape index (κ1) is 17.8. The molecule has 2 N–H and O–H groups in total. The van der Waals surface area contributed by atoms with Crippen molar-refractivity contribution < 1.29 is 19.0 Å². The Hall–Kier alpha value is -2.55. The number of esters is 1. The molecule has 0 saturated carbocycles. The Morgan fingerprint density at radius 2 is 2.21 bits per heavy atom. The third-order valence-corrected chi connectivity index (χ3v) is 3.57. The van der Waals surface area contributed by atoms with Crippen LogP contribution in [0.2, 0.25) is 0 Å². The van der Waals surface area contributed by atoms with E-state index < -0.39 is 5.97 Å². The first-order valence-corrected chi connectivity index (χ1v) is 7.67. The van der Waals surface area contributed by atoms with Crippen LogP contribution in [0.4, 0.5) is 5.95 Å². The van der Waals surface area contributed by atoms with Crippen LogP contribution in [0, 0.1) is 6.92 Å². The molecule has 2 rings (SSSR count). The molecule has 0 amide bonds. The molecule has 8 nitrogen and oxygen atoms in total. The zero-order valence-electron chi connectivity index (χ0n) is 13.4. The Bertz CT molecular complexity index is 773. The number of nitrogen functional groups attached to an aromatic ring is 1. The van der Waals surface area contributed by atoms with Crippen molar-refractivity contribution in [3.05, 3.63) is 34.1 Å². The Balaban J connectivity index is 2.25. The first-order chi connectivity index (χ1) is 11.4. The molecule has 1 heterocycles. The average Bonchev–Trinajstić information content (AvgIpc) is 2.88. The molecule has 128 valence electrons. The Labute approximate surface area is 147 Å². The van der Waals surface area contributed by atoms with Gasteiger partial charge in [-0.15, -0.1) is 0 Å². The maximum Gasteiger partial charge on any atom is 0.343 e. The van der Waals surface area contributed by atoms with Gasteiger partial charge in [-0.1, -0.05) is 0 Å². The summed E-state index contributed by atoms with van der Waals surface area (Å²) in [5.41, 5.74) is 7.26. The van der Waals surface area contributed by atoms with Crippen LogP contribution in [0.15, 0.2) is 27.9 Å². The Kier molecular flexibility index (Phi) is 5.80. The van der Waals surface area contributed by atoms with E-state index in [2.05, 4.69) is 30.8 Å². The van der Waals surface area contributed by atoms with Crippen LogP contribution in [0.25, 0.3) is 0 Å². The van der Waals surface area contributed by atoms with Crippen LogP contribution in [-0.2, 0) is 9.53 Å². The second kappa shape index (κ2) is 7.82. The largest absolute Gasteiger partial charge is 0.493 e. The normalized spacial score (nSPS) is 10.8. The number of aromatic nitrogens is 2. The van der Waals surface area contributed by atoms with Gasteiger partial charge in [-0.2, -0.15) is 5.10 Å². The second-order valence-electron chi connectivity index (χ2n) is 4.73. The van der Waals surface area contributed by atoms with E-state index >= 15 is 0 Å². The fourth-order valence-corrected chi connectivity index (χ4v) is 2.44. The van der Waals surface area contributed by atoms with Crippen LogP contribution in [0.1, 0.15) is 11.3 Å². The molecular weight excluding hydrogens is 380 g/mol. The van der Waals surface area contributed by atoms with Gasteiger partial charge in [-0.05, 0) is 40.5 Å². The summed E-state index contributed by atoms with van der Waals surface area (Å²) in [7, 11) is 2.80. The number of ether oxygens (including phenoxy) is 3. The summed E-state index contributed by atoms with van der Waals surface area (Å²) in [6.45, 7) is 1.61. The molecule has 0 spiro atoms. The molecule has 0 atom stereocenters. The van der Waals surface area contributed by atoms with Crippen molar-refractivity contribution >= 4 is 34.1 Å². The highest BCUT2D eigenvalue weighted by Gasteiger charge is 2.13. The van der Waals surface area contributed by atoms with Crippen molar-refractivity contribution in [3.8, 4) is 11.5 Å². The van der Waals surface area contributed by atoms with Gasteiger partial charge in [0.1, 0.15) is 0 Å². The van der Waals surface area contributed by atoms with Crippen molar-refractivity contribution in [2.75, 3.05) is 26.6 Å². The topological polar surface area (TPSA) is 101 Å². The van der Waals surface area contributed by atoms with Gasteiger partial charge in [0.15, 0.2) is 18.1 Å². The molecule has 1 aromatic heterocycles. The van der Waals surface area contributed by atoms with E-state index in [4.69, 9.17) is 15.2 Å². The smallest absolute Gasteiger partial charge is 0.343 e. The number of nitrogens with two attached hydrogens (primary N) is 1. The van der Waals surface area contributed by atoms with Crippen LogP contribution >= 0.6 is 15.9 Å². The molecule has 0 aliphatic carbocycles. The highest BCUT2D eigenvalue weighted by atomic mass is 79.9. The zero-order chi connectivity index (χ0) is 17.7. The van der Waals surface area contributed by atoms with Gasteiger partial charge < -0.3 is 19.9 Å². The molecular formula is C15H17BrN4O4. The summed E-state index contributed by atoms with van der Waals surface area (Å²) in [6.07, 6.45) is 3.32. The minimum absolute atomic E-state index is 0.219. The molecule has 2 aromatic rings. The first-order valence-electron chi connectivity index (χ1n) is 6.87. The van der Waals surface area contributed by atoms with E-state index in [1.165, 1.54) is 18.9 Å². The predicted octanol–water partition coefficient (Wildman–Crippen LogP) is 1.98. The minimum atomic E-state index is -0.486. The Morgan fingerprint density at radius 1 is 1.46 bits per heavy atom. The lowest BCUT2D eigenvalue weighted by Gasteiger charge is -2.12. The summed E-state index contributed by atoms with van der Waals surface area (Å²) in [5, 5.41) is 4.24. The summed E-state index contributed by atoms with van der Waals surface area (Å²) in [4.78, 5) is 15.3. The molecule has 0 fully saturated rings. The Morgan fingerprint density at radius 3 is 2.79 bits per heavy atom.